The van der Waals surface area contributed by atoms with Gasteiger partial charge in [-0.1, -0.05) is 0 Å². The molecule has 0 fully saturated rings. The number of thioether (sulfide) groups is 1. The van der Waals surface area contributed by atoms with Crippen LogP contribution in [0.3, 0.4) is 0 Å². The van der Waals surface area contributed by atoms with Crippen molar-refractivity contribution in [1.82, 2.24) is 14.4 Å². The van der Waals surface area contributed by atoms with Crippen LogP contribution in [-0.2, 0) is 4.74 Å². The van der Waals surface area contributed by atoms with Crippen molar-refractivity contribution in [2.24, 2.45) is 0 Å². The molecular weight excluding hydrogens is 306 g/mol. The van der Waals surface area contributed by atoms with Gasteiger partial charge in [0.1, 0.15) is 9.63 Å². The number of esters is 1. The molecule has 2 aromatic rings. The van der Waals surface area contributed by atoms with Crippen LogP contribution in [0.25, 0.3) is 5.65 Å². The molecule has 17 heavy (non-hydrogen) atoms. The van der Waals surface area contributed by atoms with E-state index in [9.17, 15) is 4.79 Å². The summed E-state index contributed by atoms with van der Waals surface area (Å²) in [6, 6.07) is 0. The molecule has 0 aromatic carbocycles. The first kappa shape index (κ1) is 12.4. The van der Waals surface area contributed by atoms with Crippen LogP contribution >= 0.6 is 27.7 Å². The van der Waals surface area contributed by atoms with Crippen molar-refractivity contribution >= 4 is 39.3 Å². The summed E-state index contributed by atoms with van der Waals surface area (Å²) in [4.78, 5) is 20.2. The monoisotopic (exact) mass is 315 g/mol. The van der Waals surface area contributed by atoms with E-state index in [2.05, 4.69) is 25.9 Å². The fraction of sp³-hybridized carbons (Fsp3) is 0.300. The lowest BCUT2D eigenvalue weighted by Crippen LogP contribution is -2.11. The zero-order valence-corrected chi connectivity index (χ0v) is 11.7. The van der Waals surface area contributed by atoms with Gasteiger partial charge >= 0.3 is 5.97 Å². The standard InChI is InChI=1S/C10H10BrN3O2S/c1-3-16-10(15)6-4-13-9(17-2)8-12-5-7(11)14(6)8/h4-5H,3H2,1-2H3. The number of nitrogens with zero attached hydrogens (tertiary/aromatic N) is 3. The number of imidazole rings is 1. The van der Waals surface area contributed by atoms with Crippen LogP contribution in [0.2, 0.25) is 0 Å². The Balaban J connectivity index is 2.65. The summed E-state index contributed by atoms with van der Waals surface area (Å²) in [5.74, 6) is -0.406. The first-order chi connectivity index (χ1) is 8.19. The number of carbonyl (C=O) groups excluding carboxylic acids is 1. The van der Waals surface area contributed by atoms with Crippen molar-refractivity contribution in [2.75, 3.05) is 12.9 Å². The van der Waals surface area contributed by atoms with Crippen molar-refractivity contribution < 1.29 is 9.53 Å². The van der Waals surface area contributed by atoms with Crippen LogP contribution in [0.5, 0.6) is 0 Å². The van der Waals surface area contributed by atoms with Gasteiger partial charge in [-0.15, -0.1) is 11.8 Å². The third kappa shape index (κ3) is 2.16. The fourth-order valence-corrected chi connectivity index (χ4v) is 2.39. The summed E-state index contributed by atoms with van der Waals surface area (Å²) in [5, 5.41) is 0.767. The number of aromatic nitrogens is 3. The Morgan fingerprint density at radius 3 is 2.94 bits per heavy atom. The largest absolute Gasteiger partial charge is 0.461 e. The van der Waals surface area contributed by atoms with E-state index < -0.39 is 5.97 Å². The molecule has 5 nitrogen and oxygen atoms in total. The summed E-state index contributed by atoms with van der Waals surface area (Å²) in [5.41, 5.74) is 1.01. The highest BCUT2D eigenvalue weighted by Crippen LogP contribution is 2.23. The van der Waals surface area contributed by atoms with Gasteiger partial charge in [0, 0.05) is 0 Å². The minimum atomic E-state index is -0.406. The Morgan fingerprint density at radius 2 is 2.29 bits per heavy atom. The second-order valence-electron chi connectivity index (χ2n) is 3.11. The van der Waals surface area contributed by atoms with Gasteiger partial charge in [-0.05, 0) is 29.1 Å². The van der Waals surface area contributed by atoms with Gasteiger partial charge in [0.05, 0.1) is 19.0 Å². The van der Waals surface area contributed by atoms with Crippen molar-refractivity contribution in [1.29, 1.82) is 0 Å². The molecule has 0 unspecified atom stereocenters. The van der Waals surface area contributed by atoms with Gasteiger partial charge in [-0.25, -0.2) is 14.8 Å². The Bertz CT molecular complexity index is 570. The first-order valence-electron chi connectivity index (χ1n) is 4.92. The Morgan fingerprint density at radius 1 is 1.53 bits per heavy atom. The third-order valence-electron chi connectivity index (χ3n) is 2.13. The average Bonchev–Trinajstić information content (AvgIpc) is 2.71. The number of rotatable bonds is 3. The molecule has 0 radical (unpaired) electrons. The number of hydrogen-bond donors (Lipinski definition) is 0. The zero-order chi connectivity index (χ0) is 12.4. The van der Waals surface area contributed by atoms with Gasteiger partial charge in [-0.2, -0.15) is 0 Å². The number of carbonyl (C=O) groups is 1. The van der Waals surface area contributed by atoms with Crippen LogP contribution < -0.4 is 0 Å². The summed E-state index contributed by atoms with van der Waals surface area (Å²) in [7, 11) is 0. The van der Waals surface area contributed by atoms with Crippen LogP contribution in [0.1, 0.15) is 17.4 Å². The number of halogens is 1. The number of hydrogen-bond acceptors (Lipinski definition) is 5. The lowest BCUT2D eigenvalue weighted by Gasteiger charge is -2.07. The summed E-state index contributed by atoms with van der Waals surface area (Å²) >= 11 is 4.83. The summed E-state index contributed by atoms with van der Waals surface area (Å²) in [6.45, 7) is 2.10. The summed E-state index contributed by atoms with van der Waals surface area (Å²) < 4.78 is 7.37. The highest BCUT2D eigenvalue weighted by molar-refractivity contribution is 9.10. The van der Waals surface area contributed by atoms with E-state index in [1.807, 2.05) is 6.26 Å². The highest BCUT2D eigenvalue weighted by atomic mass is 79.9. The molecule has 0 spiro atoms. The van der Waals surface area contributed by atoms with Gasteiger partial charge in [0.2, 0.25) is 0 Å². The molecule has 0 atom stereocenters. The lowest BCUT2D eigenvalue weighted by atomic mass is 10.4. The van der Waals surface area contributed by atoms with Gasteiger partial charge < -0.3 is 4.74 Å². The van der Waals surface area contributed by atoms with Crippen molar-refractivity contribution in [3.63, 3.8) is 0 Å². The van der Waals surface area contributed by atoms with Crippen molar-refractivity contribution in [3.05, 3.63) is 22.7 Å². The first-order valence-corrected chi connectivity index (χ1v) is 6.93. The Kier molecular flexibility index (Phi) is 3.68. The minimum Gasteiger partial charge on any atom is -0.461 e. The van der Waals surface area contributed by atoms with Gasteiger partial charge in [0.15, 0.2) is 11.3 Å². The fourth-order valence-electron chi connectivity index (χ4n) is 1.44. The maximum Gasteiger partial charge on any atom is 0.357 e. The topological polar surface area (TPSA) is 56.5 Å². The van der Waals surface area contributed by atoms with Gasteiger partial charge in [0.25, 0.3) is 0 Å². The molecule has 2 aromatic heterocycles. The van der Waals surface area contributed by atoms with Crippen molar-refractivity contribution in [3.8, 4) is 0 Å². The second-order valence-corrected chi connectivity index (χ2v) is 4.72. The molecule has 7 heteroatoms. The van der Waals surface area contributed by atoms with E-state index in [0.717, 1.165) is 5.03 Å². The van der Waals surface area contributed by atoms with Crippen molar-refractivity contribution in [2.45, 2.75) is 11.9 Å². The van der Waals surface area contributed by atoms with Crippen LogP contribution in [-0.4, -0.2) is 33.2 Å². The maximum absolute atomic E-state index is 11.8. The third-order valence-corrected chi connectivity index (χ3v) is 3.37. The number of ether oxygens (including phenoxy) is 1. The molecule has 0 N–H and O–H groups in total. The summed E-state index contributed by atoms with van der Waals surface area (Å²) in [6.07, 6.45) is 5.05. The smallest absolute Gasteiger partial charge is 0.357 e. The molecule has 0 aliphatic carbocycles. The van der Waals surface area contributed by atoms with Crippen LogP contribution in [0.4, 0.5) is 0 Å². The molecule has 0 saturated carbocycles. The molecule has 2 rings (SSSR count). The van der Waals surface area contributed by atoms with E-state index in [0.29, 0.717) is 22.6 Å². The molecule has 0 bridgehead atoms. The zero-order valence-electron chi connectivity index (χ0n) is 9.31. The predicted molar refractivity (Wildman–Crippen MR) is 68.4 cm³/mol. The van der Waals surface area contributed by atoms with E-state index in [4.69, 9.17) is 4.74 Å². The Hall–Kier alpha value is -1.08. The SMILES string of the molecule is CCOC(=O)c1cnc(SC)c2ncc(Br)n12. The van der Waals surface area contributed by atoms with E-state index in [-0.39, 0.29) is 0 Å². The second kappa shape index (κ2) is 5.05. The molecule has 0 aliphatic heterocycles. The molecule has 0 saturated heterocycles. The van der Waals surface area contributed by atoms with Crippen LogP contribution in [0.15, 0.2) is 22.0 Å². The molecular formula is C10H10BrN3O2S. The maximum atomic E-state index is 11.8. The molecule has 0 aliphatic rings. The average molecular weight is 316 g/mol. The molecule has 2 heterocycles. The van der Waals surface area contributed by atoms with E-state index in [1.165, 1.54) is 18.0 Å². The predicted octanol–water partition coefficient (Wildman–Crippen LogP) is 2.39. The minimum absolute atomic E-state index is 0.330. The Labute approximate surface area is 111 Å². The van der Waals surface area contributed by atoms with Gasteiger partial charge in [-0.3, -0.25) is 4.40 Å². The normalized spacial score (nSPS) is 10.8. The molecule has 0 amide bonds. The van der Waals surface area contributed by atoms with Crippen LogP contribution in [0, 0.1) is 0 Å². The number of fused-ring (bicyclic) bond motifs is 1. The van der Waals surface area contributed by atoms with E-state index >= 15 is 0 Å². The lowest BCUT2D eigenvalue weighted by molar-refractivity contribution is 0.0516. The highest BCUT2D eigenvalue weighted by Gasteiger charge is 2.17. The quantitative estimate of drug-likeness (QED) is 0.643. The molecule has 90 valence electrons. The van der Waals surface area contributed by atoms with E-state index in [1.54, 1.807) is 17.5 Å².